The van der Waals surface area contributed by atoms with Crippen LogP contribution in [0, 0.1) is 0 Å². The fourth-order valence-electron chi connectivity index (χ4n) is 3.41. The van der Waals surface area contributed by atoms with Gasteiger partial charge in [0.15, 0.2) is 0 Å². The summed E-state index contributed by atoms with van der Waals surface area (Å²) in [5.41, 5.74) is 0.648. The standard InChI is InChI=1S/C13H26N2/c1-12(2,3)14-9-10-7-8-11(14)15(10)13(4,5)6/h10-11H,7-9H2,1-6H3. The molecule has 0 amide bonds. The lowest BCUT2D eigenvalue weighted by molar-refractivity contribution is 0.0290. The van der Waals surface area contributed by atoms with Crippen LogP contribution < -0.4 is 0 Å². The van der Waals surface area contributed by atoms with Crippen molar-refractivity contribution in [2.45, 2.75) is 77.7 Å². The van der Waals surface area contributed by atoms with E-state index in [9.17, 15) is 0 Å². The van der Waals surface area contributed by atoms with Gasteiger partial charge in [0.25, 0.3) is 0 Å². The Bertz CT molecular complexity index is 246. The van der Waals surface area contributed by atoms with E-state index < -0.39 is 0 Å². The lowest BCUT2D eigenvalue weighted by Crippen LogP contribution is -2.51. The molecule has 0 saturated carbocycles. The lowest BCUT2D eigenvalue weighted by atomic mass is 10.0. The highest BCUT2D eigenvalue weighted by Crippen LogP contribution is 2.42. The molecule has 2 bridgehead atoms. The molecule has 2 aliphatic rings. The minimum absolute atomic E-state index is 0.323. The number of fused-ring (bicyclic) bond motifs is 2. The van der Waals surface area contributed by atoms with Gasteiger partial charge in [-0.1, -0.05) is 0 Å². The van der Waals surface area contributed by atoms with E-state index in [0.29, 0.717) is 17.2 Å². The zero-order chi connectivity index (χ0) is 11.4. The molecule has 0 aromatic rings. The number of hydrogen-bond acceptors (Lipinski definition) is 2. The van der Waals surface area contributed by atoms with Gasteiger partial charge >= 0.3 is 0 Å². The van der Waals surface area contributed by atoms with Crippen molar-refractivity contribution in [2.75, 3.05) is 6.54 Å². The van der Waals surface area contributed by atoms with Crippen LogP contribution in [-0.4, -0.2) is 39.6 Å². The molecule has 2 unspecified atom stereocenters. The summed E-state index contributed by atoms with van der Waals surface area (Å²) in [4.78, 5) is 5.42. The van der Waals surface area contributed by atoms with E-state index in [0.717, 1.165) is 6.04 Å². The molecule has 2 fully saturated rings. The molecule has 15 heavy (non-hydrogen) atoms. The maximum Gasteiger partial charge on any atom is 0.0635 e. The zero-order valence-corrected chi connectivity index (χ0v) is 11.2. The molecular weight excluding hydrogens is 184 g/mol. The summed E-state index contributed by atoms with van der Waals surface area (Å²) in [6.07, 6.45) is 3.45. The van der Waals surface area contributed by atoms with Gasteiger partial charge < -0.3 is 0 Å². The van der Waals surface area contributed by atoms with E-state index in [-0.39, 0.29) is 0 Å². The average Bonchev–Trinajstić information content (AvgIpc) is 2.55. The first-order chi connectivity index (χ1) is 6.71. The smallest absolute Gasteiger partial charge is 0.0635 e. The van der Waals surface area contributed by atoms with Crippen molar-refractivity contribution in [3.05, 3.63) is 0 Å². The van der Waals surface area contributed by atoms with E-state index in [4.69, 9.17) is 0 Å². The zero-order valence-electron chi connectivity index (χ0n) is 11.2. The van der Waals surface area contributed by atoms with Crippen molar-refractivity contribution in [1.29, 1.82) is 0 Å². The third-order valence-corrected chi connectivity index (χ3v) is 3.88. The van der Waals surface area contributed by atoms with Gasteiger partial charge in [0.05, 0.1) is 6.17 Å². The Labute approximate surface area is 94.6 Å². The summed E-state index contributed by atoms with van der Waals surface area (Å²) in [5.74, 6) is 0. The van der Waals surface area contributed by atoms with Gasteiger partial charge in [-0.05, 0) is 54.4 Å². The summed E-state index contributed by atoms with van der Waals surface area (Å²) in [6, 6.07) is 0.800. The van der Waals surface area contributed by atoms with Gasteiger partial charge in [0.1, 0.15) is 0 Å². The number of hydrogen-bond donors (Lipinski definition) is 0. The van der Waals surface area contributed by atoms with Gasteiger partial charge in [0.2, 0.25) is 0 Å². The molecule has 2 rings (SSSR count). The molecule has 2 aliphatic heterocycles. The van der Waals surface area contributed by atoms with Crippen LogP contribution in [0.1, 0.15) is 54.4 Å². The minimum Gasteiger partial charge on any atom is -0.281 e. The Morgan fingerprint density at radius 2 is 1.47 bits per heavy atom. The van der Waals surface area contributed by atoms with Gasteiger partial charge in [-0.3, -0.25) is 9.80 Å². The maximum absolute atomic E-state index is 2.73. The van der Waals surface area contributed by atoms with Gasteiger partial charge in [0, 0.05) is 23.7 Å². The largest absolute Gasteiger partial charge is 0.281 e. The highest BCUT2D eigenvalue weighted by atomic mass is 15.5. The molecule has 2 saturated heterocycles. The second-order valence-electron chi connectivity index (χ2n) is 7.11. The third-order valence-electron chi connectivity index (χ3n) is 3.88. The predicted molar refractivity (Wildman–Crippen MR) is 64.9 cm³/mol. The highest BCUT2D eigenvalue weighted by molar-refractivity contribution is 5.04. The van der Waals surface area contributed by atoms with E-state index >= 15 is 0 Å². The van der Waals surface area contributed by atoms with E-state index in [1.54, 1.807) is 0 Å². The summed E-state index contributed by atoms with van der Waals surface area (Å²) in [7, 11) is 0. The highest BCUT2D eigenvalue weighted by Gasteiger charge is 2.51. The maximum atomic E-state index is 2.73. The molecule has 2 heteroatoms. The van der Waals surface area contributed by atoms with Crippen LogP contribution in [0.25, 0.3) is 0 Å². The SMILES string of the molecule is CC(C)(C)N1CC2CCC1N2C(C)(C)C. The molecule has 2 atom stereocenters. The van der Waals surface area contributed by atoms with Crippen LogP contribution in [0.3, 0.4) is 0 Å². The van der Waals surface area contributed by atoms with Crippen LogP contribution in [0.4, 0.5) is 0 Å². The van der Waals surface area contributed by atoms with Crippen LogP contribution >= 0.6 is 0 Å². The molecule has 0 aromatic heterocycles. The first kappa shape index (κ1) is 11.4. The first-order valence-corrected chi connectivity index (χ1v) is 6.26. The lowest BCUT2D eigenvalue weighted by Gasteiger charge is -2.41. The Hall–Kier alpha value is -0.0800. The van der Waals surface area contributed by atoms with E-state index in [2.05, 4.69) is 51.3 Å². The van der Waals surface area contributed by atoms with Crippen LogP contribution in [0.5, 0.6) is 0 Å². The predicted octanol–water partition coefficient (Wildman–Crippen LogP) is 2.69. The molecule has 0 aromatic carbocycles. The van der Waals surface area contributed by atoms with Crippen molar-refractivity contribution in [1.82, 2.24) is 9.80 Å². The van der Waals surface area contributed by atoms with Gasteiger partial charge in [-0.25, -0.2) is 0 Å². The Morgan fingerprint density at radius 3 is 1.80 bits per heavy atom. The van der Waals surface area contributed by atoms with Gasteiger partial charge in [-0.15, -0.1) is 0 Å². The molecule has 0 N–H and O–H groups in total. The molecule has 0 radical (unpaired) electrons. The fraction of sp³-hybridized carbons (Fsp3) is 1.00. The van der Waals surface area contributed by atoms with Crippen LogP contribution in [0.2, 0.25) is 0 Å². The average molecular weight is 210 g/mol. The first-order valence-electron chi connectivity index (χ1n) is 6.26. The molecule has 88 valence electrons. The number of likely N-dealkylation sites (tertiary alicyclic amines) is 1. The molecule has 2 nitrogen and oxygen atoms in total. The second-order valence-corrected chi connectivity index (χ2v) is 7.11. The van der Waals surface area contributed by atoms with Crippen molar-refractivity contribution in [2.24, 2.45) is 0 Å². The normalized spacial score (nSPS) is 34.0. The Balaban J connectivity index is 2.20. The molecule has 0 aliphatic carbocycles. The molecule has 2 heterocycles. The Kier molecular flexibility index (Phi) is 2.44. The van der Waals surface area contributed by atoms with Crippen molar-refractivity contribution < 1.29 is 0 Å². The summed E-state index contributed by atoms with van der Waals surface area (Å²) in [5, 5.41) is 0. The van der Waals surface area contributed by atoms with Crippen molar-refractivity contribution >= 4 is 0 Å². The molecular formula is C13H26N2. The van der Waals surface area contributed by atoms with Crippen molar-refractivity contribution in [3.63, 3.8) is 0 Å². The topological polar surface area (TPSA) is 6.48 Å². The quantitative estimate of drug-likeness (QED) is 0.606. The second kappa shape index (κ2) is 3.21. The minimum atomic E-state index is 0.323. The number of rotatable bonds is 0. The summed E-state index contributed by atoms with van der Waals surface area (Å²) in [6.45, 7) is 15.3. The van der Waals surface area contributed by atoms with Crippen LogP contribution in [0.15, 0.2) is 0 Å². The molecule has 0 spiro atoms. The van der Waals surface area contributed by atoms with Crippen LogP contribution in [-0.2, 0) is 0 Å². The summed E-state index contributed by atoms with van der Waals surface area (Å²) < 4.78 is 0. The van der Waals surface area contributed by atoms with E-state index in [1.807, 2.05) is 0 Å². The van der Waals surface area contributed by atoms with Gasteiger partial charge in [-0.2, -0.15) is 0 Å². The Morgan fingerprint density at radius 1 is 0.867 bits per heavy atom. The van der Waals surface area contributed by atoms with Crippen molar-refractivity contribution in [3.8, 4) is 0 Å². The third kappa shape index (κ3) is 1.83. The number of piperidine rings is 1. The van der Waals surface area contributed by atoms with E-state index in [1.165, 1.54) is 19.4 Å². The summed E-state index contributed by atoms with van der Waals surface area (Å²) >= 11 is 0. The number of nitrogens with zero attached hydrogens (tertiary/aromatic N) is 2. The monoisotopic (exact) mass is 210 g/mol. The fourth-order valence-corrected chi connectivity index (χ4v) is 3.41.